The molecule has 0 fully saturated rings. The van der Waals surface area contributed by atoms with E-state index in [1.807, 2.05) is 18.5 Å². The summed E-state index contributed by atoms with van der Waals surface area (Å²) in [4.78, 5) is 11.9. The van der Waals surface area contributed by atoms with Crippen LogP contribution in [-0.2, 0) is 13.6 Å². The van der Waals surface area contributed by atoms with Gasteiger partial charge >= 0.3 is 0 Å². The van der Waals surface area contributed by atoms with Crippen molar-refractivity contribution in [2.24, 2.45) is 7.05 Å². The molecule has 0 aromatic carbocycles. The Morgan fingerprint density at radius 3 is 2.67 bits per heavy atom. The Morgan fingerprint density at radius 1 is 1.43 bits per heavy atom. The lowest BCUT2D eigenvalue weighted by molar-refractivity contribution is 0.0947. The highest BCUT2D eigenvalue weighted by molar-refractivity contribution is 9.10. The van der Waals surface area contributed by atoms with E-state index >= 15 is 0 Å². The summed E-state index contributed by atoms with van der Waals surface area (Å²) in [7, 11) is 1.73. The average Bonchev–Trinajstić information content (AvgIpc) is 2.89. The molecule has 114 valence electrons. The van der Waals surface area contributed by atoms with Crippen molar-refractivity contribution in [2.45, 2.75) is 26.8 Å². The van der Waals surface area contributed by atoms with Crippen molar-refractivity contribution in [1.82, 2.24) is 24.9 Å². The molecule has 0 bridgehead atoms. The van der Waals surface area contributed by atoms with Gasteiger partial charge in [-0.15, -0.1) is 0 Å². The van der Waals surface area contributed by atoms with Crippen LogP contribution in [0.5, 0.6) is 0 Å². The standard InChI is InChI=1S/C13H17BrClN5O/c1-8-11(14)9(2)20(17-8)6-4-5-16-13(21)12-10(15)7-19(3)18-12/h7H,4-6H2,1-3H3,(H,16,21). The second-order valence-electron chi connectivity index (χ2n) is 4.82. The zero-order chi connectivity index (χ0) is 15.6. The van der Waals surface area contributed by atoms with Gasteiger partial charge in [0.25, 0.3) is 5.91 Å². The van der Waals surface area contributed by atoms with Crippen LogP contribution in [0.1, 0.15) is 28.3 Å². The molecule has 0 spiro atoms. The molecule has 0 unspecified atom stereocenters. The molecule has 8 heteroatoms. The van der Waals surface area contributed by atoms with Gasteiger partial charge in [-0.25, -0.2) is 0 Å². The second kappa shape index (κ2) is 6.62. The minimum absolute atomic E-state index is 0.254. The average molecular weight is 375 g/mol. The van der Waals surface area contributed by atoms with E-state index in [1.54, 1.807) is 13.2 Å². The molecule has 6 nitrogen and oxygen atoms in total. The lowest BCUT2D eigenvalue weighted by Crippen LogP contribution is -2.26. The van der Waals surface area contributed by atoms with E-state index in [-0.39, 0.29) is 11.6 Å². The maximum atomic E-state index is 11.9. The van der Waals surface area contributed by atoms with Gasteiger partial charge in [0.1, 0.15) is 0 Å². The van der Waals surface area contributed by atoms with Crippen molar-refractivity contribution in [1.29, 1.82) is 0 Å². The Balaban J connectivity index is 1.83. The summed E-state index contributed by atoms with van der Waals surface area (Å²) in [5, 5.41) is 11.6. The molecular formula is C13H17BrClN5O. The van der Waals surface area contributed by atoms with Crippen molar-refractivity contribution in [3.05, 3.63) is 32.8 Å². The number of halogens is 2. The third-order valence-corrected chi connectivity index (χ3v) is 4.55. The van der Waals surface area contributed by atoms with Crippen LogP contribution in [0.2, 0.25) is 5.02 Å². The summed E-state index contributed by atoms with van der Waals surface area (Å²) in [5.41, 5.74) is 2.32. The number of aromatic nitrogens is 4. The van der Waals surface area contributed by atoms with Crippen LogP contribution in [0, 0.1) is 13.8 Å². The highest BCUT2D eigenvalue weighted by Crippen LogP contribution is 2.19. The lowest BCUT2D eigenvalue weighted by atomic mass is 10.3. The number of hydrogen-bond donors (Lipinski definition) is 1. The molecule has 2 aromatic rings. The van der Waals surface area contributed by atoms with Gasteiger partial charge in [0.2, 0.25) is 0 Å². The zero-order valence-electron chi connectivity index (χ0n) is 12.2. The second-order valence-corrected chi connectivity index (χ2v) is 6.02. The quantitative estimate of drug-likeness (QED) is 0.818. The maximum absolute atomic E-state index is 11.9. The Hall–Kier alpha value is -1.34. The molecule has 1 N–H and O–H groups in total. The Bertz CT molecular complexity index is 664. The molecule has 0 saturated heterocycles. The number of carbonyl (C=O) groups is 1. The van der Waals surface area contributed by atoms with Crippen molar-refractivity contribution in [2.75, 3.05) is 6.54 Å². The smallest absolute Gasteiger partial charge is 0.273 e. The van der Waals surface area contributed by atoms with Crippen LogP contribution >= 0.6 is 27.5 Å². The van der Waals surface area contributed by atoms with Crippen molar-refractivity contribution in [3.8, 4) is 0 Å². The van der Waals surface area contributed by atoms with Crippen LogP contribution < -0.4 is 5.32 Å². The molecule has 2 heterocycles. The van der Waals surface area contributed by atoms with E-state index in [1.165, 1.54) is 4.68 Å². The number of amides is 1. The highest BCUT2D eigenvalue weighted by atomic mass is 79.9. The lowest BCUT2D eigenvalue weighted by Gasteiger charge is -2.06. The van der Waals surface area contributed by atoms with Gasteiger partial charge in [-0.2, -0.15) is 10.2 Å². The summed E-state index contributed by atoms with van der Waals surface area (Å²) in [5.74, 6) is -0.254. The van der Waals surface area contributed by atoms with Crippen molar-refractivity contribution in [3.63, 3.8) is 0 Å². The van der Waals surface area contributed by atoms with Gasteiger partial charge in [-0.3, -0.25) is 14.2 Å². The molecular weight excluding hydrogens is 358 g/mol. The fourth-order valence-corrected chi connectivity index (χ4v) is 2.57. The van der Waals surface area contributed by atoms with Gasteiger partial charge in [-0.05, 0) is 36.2 Å². The number of rotatable bonds is 5. The van der Waals surface area contributed by atoms with Gasteiger partial charge in [0.15, 0.2) is 5.69 Å². The number of nitrogens with zero attached hydrogens (tertiary/aromatic N) is 4. The van der Waals surface area contributed by atoms with Crippen molar-refractivity contribution < 1.29 is 4.79 Å². The molecule has 0 saturated carbocycles. The first kappa shape index (κ1) is 16.0. The first-order chi connectivity index (χ1) is 9.90. The van der Waals surface area contributed by atoms with E-state index in [0.29, 0.717) is 11.6 Å². The van der Waals surface area contributed by atoms with Gasteiger partial charge < -0.3 is 5.32 Å². The maximum Gasteiger partial charge on any atom is 0.273 e. The number of aryl methyl sites for hydroxylation is 3. The fraction of sp³-hybridized carbons (Fsp3) is 0.462. The SMILES string of the molecule is Cc1nn(CCCNC(=O)c2nn(C)cc2Cl)c(C)c1Br. The van der Waals surface area contributed by atoms with Gasteiger partial charge in [0, 0.05) is 32.0 Å². The van der Waals surface area contributed by atoms with E-state index < -0.39 is 0 Å². The summed E-state index contributed by atoms with van der Waals surface area (Å²) < 4.78 is 4.48. The van der Waals surface area contributed by atoms with Crippen molar-refractivity contribution >= 4 is 33.4 Å². The molecule has 0 aliphatic carbocycles. The first-order valence-corrected chi connectivity index (χ1v) is 7.74. The predicted octanol–water partition coefficient (Wildman–Crippen LogP) is 2.47. The van der Waals surface area contributed by atoms with Crippen LogP contribution in [0.4, 0.5) is 0 Å². The largest absolute Gasteiger partial charge is 0.351 e. The minimum atomic E-state index is -0.254. The number of nitrogens with one attached hydrogen (secondary N) is 1. The molecule has 0 aliphatic rings. The third-order valence-electron chi connectivity index (χ3n) is 3.12. The van der Waals surface area contributed by atoms with Crippen LogP contribution in [0.3, 0.4) is 0 Å². The predicted molar refractivity (Wildman–Crippen MR) is 84.6 cm³/mol. The summed E-state index contributed by atoms with van der Waals surface area (Å²) >= 11 is 9.42. The monoisotopic (exact) mass is 373 g/mol. The molecule has 21 heavy (non-hydrogen) atoms. The van der Waals surface area contributed by atoms with Gasteiger partial charge in [-0.1, -0.05) is 11.6 Å². The Labute approximate surface area is 136 Å². The topological polar surface area (TPSA) is 64.7 Å². The molecule has 0 atom stereocenters. The fourth-order valence-electron chi connectivity index (χ4n) is 2.02. The van der Waals surface area contributed by atoms with E-state index in [9.17, 15) is 4.79 Å². The molecule has 2 rings (SSSR count). The summed E-state index contributed by atoms with van der Waals surface area (Å²) in [6.07, 6.45) is 2.38. The molecule has 0 aliphatic heterocycles. The minimum Gasteiger partial charge on any atom is -0.351 e. The van der Waals surface area contributed by atoms with Gasteiger partial charge in [0.05, 0.1) is 15.2 Å². The third kappa shape index (κ3) is 3.65. The summed E-state index contributed by atoms with van der Waals surface area (Å²) in [6, 6.07) is 0. The first-order valence-electron chi connectivity index (χ1n) is 6.57. The highest BCUT2D eigenvalue weighted by Gasteiger charge is 2.14. The van der Waals surface area contributed by atoms with Crippen LogP contribution in [0.15, 0.2) is 10.7 Å². The zero-order valence-corrected chi connectivity index (χ0v) is 14.5. The molecule has 1 amide bonds. The Kier molecular flexibility index (Phi) is 5.05. The van der Waals surface area contributed by atoms with E-state index in [2.05, 4.69) is 31.4 Å². The summed E-state index contributed by atoms with van der Waals surface area (Å²) in [6.45, 7) is 5.25. The number of hydrogen-bond acceptors (Lipinski definition) is 3. The molecule has 0 radical (unpaired) electrons. The van der Waals surface area contributed by atoms with E-state index in [4.69, 9.17) is 11.6 Å². The van der Waals surface area contributed by atoms with Crippen LogP contribution in [-0.4, -0.2) is 32.0 Å². The molecule has 2 aromatic heterocycles. The van der Waals surface area contributed by atoms with Crippen LogP contribution in [0.25, 0.3) is 0 Å². The normalized spacial score (nSPS) is 10.9. The van der Waals surface area contributed by atoms with E-state index in [0.717, 1.165) is 28.8 Å². The Morgan fingerprint density at radius 2 is 2.14 bits per heavy atom. The number of carbonyl (C=O) groups excluding carboxylic acids is 1.